The van der Waals surface area contributed by atoms with E-state index < -0.39 is 17.9 Å². The molecule has 0 aliphatic heterocycles. The van der Waals surface area contributed by atoms with Gasteiger partial charge >= 0.3 is 17.9 Å². The zero-order chi connectivity index (χ0) is 21.7. The molecule has 0 bridgehead atoms. The van der Waals surface area contributed by atoms with Crippen molar-refractivity contribution in [2.75, 3.05) is 14.2 Å². The van der Waals surface area contributed by atoms with E-state index in [4.69, 9.17) is 4.74 Å². The van der Waals surface area contributed by atoms with Crippen molar-refractivity contribution in [2.24, 2.45) is 0 Å². The largest absolute Gasteiger partial charge is 0.465 e. The Bertz CT molecular complexity index is 1150. The highest BCUT2D eigenvalue weighted by Crippen LogP contribution is 2.19. The predicted molar refractivity (Wildman–Crippen MR) is 103 cm³/mol. The van der Waals surface area contributed by atoms with Gasteiger partial charge in [0.2, 0.25) is 0 Å². The second kappa shape index (κ2) is 8.95. The van der Waals surface area contributed by atoms with Crippen LogP contribution in [-0.2, 0) is 20.8 Å². The summed E-state index contributed by atoms with van der Waals surface area (Å²) in [6.07, 6.45) is -0.192. The standard InChI is InChI=1S/C20H17N3O7/c1-28-19(26)12-9-13(20(27)29-2)11-14(10-12)30-17(24)7-8-23-18(25)15-5-3-4-6-16(15)21-22-23/h3-6,9-11H,7-8H2,1-2H3. The molecule has 0 amide bonds. The highest BCUT2D eigenvalue weighted by atomic mass is 16.5. The molecule has 0 saturated heterocycles. The Hall–Kier alpha value is -4.08. The summed E-state index contributed by atoms with van der Waals surface area (Å²) in [7, 11) is 2.36. The number of hydrogen-bond donors (Lipinski definition) is 0. The third kappa shape index (κ3) is 4.49. The molecule has 3 aromatic rings. The van der Waals surface area contributed by atoms with E-state index in [0.29, 0.717) is 10.9 Å². The monoisotopic (exact) mass is 411 g/mol. The lowest BCUT2D eigenvalue weighted by Crippen LogP contribution is -2.26. The van der Waals surface area contributed by atoms with Crippen LogP contribution in [0.4, 0.5) is 0 Å². The summed E-state index contributed by atoms with van der Waals surface area (Å²) in [5, 5.41) is 8.13. The Kier molecular flexibility index (Phi) is 6.16. The molecule has 0 unspecified atom stereocenters. The van der Waals surface area contributed by atoms with Gasteiger partial charge in [-0.25, -0.2) is 14.3 Å². The molecule has 0 saturated carbocycles. The van der Waals surface area contributed by atoms with Crippen LogP contribution in [0, 0.1) is 0 Å². The van der Waals surface area contributed by atoms with E-state index in [1.807, 2.05) is 0 Å². The van der Waals surface area contributed by atoms with Crippen molar-refractivity contribution < 1.29 is 28.6 Å². The van der Waals surface area contributed by atoms with Crippen LogP contribution in [-0.4, -0.2) is 47.1 Å². The highest BCUT2D eigenvalue weighted by Gasteiger charge is 2.16. The van der Waals surface area contributed by atoms with Crippen molar-refractivity contribution in [3.05, 3.63) is 63.9 Å². The molecule has 10 nitrogen and oxygen atoms in total. The Morgan fingerprint density at radius 3 is 2.23 bits per heavy atom. The van der Waals surface area contributed by atoms with Crippen molar-refractivity contribution in [3.63, 3.8) is 0 Å². The molecule has 2 aromatic carbocycles. The molecule has 1 heterocycles. The number of aromatic nitrogens is 3. The van der Waals surface area contributed by atoms with Crippen LogP contribution in [0.25, 0.3) is 10.9 Å². The van der Waals surface area contributed by atoms with E-state index in [2.05, 4.69) is 19.8 Å². The molecule has 0 radical (unpaired) electrons. The Morgan fingerprint density at radius 2 is 1.60 bits per heavy atom. The molecule has 0 aliphatic rings. The number of carbonyl (C=O) groups excluding carboxylic acids is 3. The normalized spacial score (nSPS) is 10.5. The van der Waals surface area contributed by atoms with Gasteiger partial charge in [0.25, 0.3) is 5.56 Å². The van der Waals surface area contributed by atoms with Gasteiger partial charge in [0.05, 0.1) is 43.7 Å². The van der Waals surface area contributed by atoms with E-state index in [1.54, 1.807) is 24.3 Å². The second-order valence-corrected chi connectivity index (χ2v) is 6.09. The zero-order valence-electron chi connectivity index (χ0n) is 16.2. The minimum absolute atomic E-state index is 0.0137. The number of fused-ring (bicyclic) bond motifs is 1. The number of hydrogen-bond acceptors (Lipinski definition) is 9. The topological polar surface area (TPSA) is 127 Å². The fourth-order valence-corrected chi connectivity index (χ4v) is 2.68. The molecular formula is C20H17N3O7. The SMILES string of the molecule is COC(=O)c1cc(OC(=O)CCn2nnc3ccccc3c2=O)cc(C(=O)OC)c1. The first-order valence-electron chi connectivity index (χ1n) is 8.78. The number of esters is 3. The van der Waals surface area contributed by atoms with Gasteiger partial charge in [-0.1, -0.05) is 17.3 Å². The van der Waals surface area contributed by atoms with Crippen molar-refractivity contribution in [1.82, 2.24) is 15.0 Å². The van der Waals surface area contributed by atoms with Gasteiger partial charge in [-0.05, 0) is 30.3 Å². The first kappa shape index (κ1) is 20.6. The zero-order valence-corrected chi connectivity index (χ0v) is 16.2. The first-order chi connectivity index (χ1) is 14.4. The van der Waals surface area contributed by atoms with Crippen LogP contribution in [0.5, 0.6) is 5.75 Å². The van der Waals surface area contributed by atoms with Crippen molar-refractivity contribution in [2.45, 2.75) is 13.0 Å². The summed E-state index contributed by atoms with van der Waals surface area (Å²) in [5.74, 6) is -2.16. The lowest BCUT2D eigenvalue weighted by molar-refractivity contribution is -0.134. The summed E-state index contributed by atoms with van der Waals surface area (Å²) < 4.78 is 15.5. The van der Waals surface area contributed by atoms with Gasteiger partial charge in [-0.15, -0.1) is 5.10 Å². The fourth-order valence-electron chi connectivity index (χ4n) is 2.68. The lowest BCUT2D eigenvalue weighted by atomic mass is 10.1. The summed E-state index contributed by atoms with van der Waals surface area (Å²) in [4.78, 5) is 48.3. The predicted octanol–water partition coefficient (Wildman–Crippen LogP) is 1.36. The first-order valence-corrected chi connectivity index (χ1v) is 8.78. The van der Waals surface area contributed by atoms with Gasteiger partial charge in [0.1, 0.15) is 11.3 Å². The summed E-state index contributed by atoms with van der Waals surface area (Å²) in [5.41, 5.74) is 0.102. The van der Waals surface area contributed by atoms with E-state index in [0.717, 1.165) is 4.68 Å². The van der Waals surface area contributed by atoms with Crippen LogP contribution in [0.2, 0.25) is 0 Å². The van der Waals surface area contributed by atoms with Gasteiger partial charge < -0.3 is 14.2 Å². The highest BCUT2D eigenvalue weighted by molar-refractivity contribution is 5.96. The lowest BCUT2D eigenvalue weighted by Gasteiger charge is -2.09. The summed E-state index contributed by atoms with van der Waals surface area (Å²) in [6, 6.07) is 10.5. The molecule has 0 atom stereocenters. The van der Waals surface area contributed by atoms with Gasteiger partial charge in [0, 0.05) is 0 Å². The van der Waals surface area contributed by atoms with Crippen LogP contribution >= 0.6 is 0 Å². The van der Waals surface area contributed by atoms with Gasteiger partial charge in [-0.3, -0.25) is 9.59 Å². The summed E-state index contributed by atoms with van der Waals surface area (Å²) in [6.45, 7) is -0.0595. The minimum atomic E-state index is -0.712. The maximum Gasteiger partial charge on any atom is 0.338 e. The molecular weight excluding hydrogens is 394 g/mol. The quantitative estimate of drug-likeness (QED) is 0.436. The second-order valence-electron chi connectivity index (χ2n) is 6.09. The maximum absolute atomic E-state index is 12.4. The molecule has 0 N–H and O–H groups in total. The smallest absolute Gasteiger partial charge is 0.338 e. The fraction of sp³-hybridized carbons (Fsp3) is 0.200. The third-order valence-electron chi connectivity index (χ3n) is 4.14. The van der Waals surface area contributed by atoms with Crippen molar-refractivity contribution in [3.8, 4) is 5.75 Å². The van der Waals surface area contributed by atoms with Gasteiger partial charge in [0.15, 0.2) is 0 Å². The molecule has 154 valence electrons. The van der Waals surface area contributed by atoms with E-state index in [-0.39, 0.29) is 35.4 Å². The molecule has 30 heavy (non-hydrogen) atoms. The van der Waals surface area contributed by atoms with E-state index in [1.165, 1.54) is 32.4 Å². The maximum atomic E-state index is 12.4. The van der Waals surface area contributed by atoms with Crippen molar-refractivity contribution in [1.29, 1.82) is 0 Å². The number of ether oxygens (including phenoxy) is 3. The number of benzene rings is 2. The average Bonchev–Trinajstić information content (AvgIpc) is 2.77. The molecule has 0 aliphatic carbocycles. The Labute approximate surface area is 170 Å². The number of carbonyl (C=O) groups is 3. The van der Waals surface area contributed by atoms with Crippen LogP contribution in [0.1, 0.15) is 27.1 Å². The number of aryl methyl sites for hydroxylation is 1. The number of methoxy groups -OCH3 is 2. The summed E-state index contributed by atoms with van der Waals surface area (Å²) >= 11 is 0. The molecule has 3 rings (SSSR count). The van der Waals surface area contributed by atoms with E-state index >= 15 is 0 Å². The molecule has 0 spiro atoms. The van der Waals surface area contributed by atoms with Crippen LogP contribution in [0.15, 0.2) is 47.3 Å². The molecule has 0 fully saturated rings. The third-order valence-corrected chi connectivity index (χ3v) is 4.14. The Morgan fingerprint density at radius 1 is 0.967 bits per heavy atom. The molecule has 1 aromatic heterocycles. The van der Waals surface area contributed by atoms with Crippen molar-refractivity contribution >= 4 is 28.8 Å². The minimum Gasteiger partial charge on any atom is -0.465 e. The van der Waals surface area contributed by atoms with E-state index in [9.17, 15) is 19.2 Å². The average molecular weight is 411 g/mol. The Balaban J connectivity index is 1.76. The van der Waals surface area contributed by atoms with Gasteiger partial charge in [-0.2, -0.15) is 0 Å². The van der Waals surface area contributed by atoms with Crippen LogP contribution < -0.4 is 10.3 Å². The van der Waals surface area contributed by atoms with Crippen LogP contribution in [0.3, 0.4) is 0 Å². The molecule has 10 heteroatoms. The number of rotatable bonds is 6. The number of nitrogens with zero attached hydrogens (tertiary/aromatic N) is 3.